The largest absolute Gasteiger partial charge is 0.726 e. The Labute approximate surface area is 118 Å². The molecule has 1 saturated heterocycles. The molecule has 1 fully saturated rings. The topological polar surface area (TPSA) is 106 Å². The van der Waals surface area contributed by atoms with Crippen molar-refractivity contribution in [1.82, 2.24) is 9.56 Å². The van der Waals surface area contributed by atoms with Crippen LogP contribution < -0.4 is 14.3 Å². The molecule has 2 rings (SSSR count). The van der Waals surface area contributed by atoms with E-state index in [1.165, 1.54) is 0 Å². The van der Waals surface area contributed by atoms with Crippen LogP contribution in [-0.4, -0.2) is 62.9 Å². The van der Waals surface area contributed by atoms with Gasteiger partial charge in [-0.3, -0.25) is 9.13 Å². The van der Waals surface area contributed by atoms with Crippen LogP contribution in [0.2, 0.25) is 0 Å². The van der Waals surface area contributed by atoms with Crippen molar-refractivity contribution in [3.8, 4) is 0 Å². The van der Waals surface area contributed by atoms with Crippen LogP contribution in [0.15, 0.2) is 0 Å². The first-order chi connectivity index (χ1) is 8.77. The Kier molecular flexibility index (Phi) is 6.29. The number of nitrogens with zero attached hydrogens (tertiary/aromatic N) is 3. The summed E-state index contributed by atoms with van der Waals surface area (Å²) in [6.07, 6.45) is 0. The third-order valence-electron chi connectivity index (χ3n) is 2.05. The summed E-state index contributed by atoms with van der Waals surface area (Å²) in [5.74, 6) is 0. The zero-order chi connectivity index (χ0) is 14.5. The minimum atomic E-state index is -4.92. The fraction of sp³-hybridized carbons (Fsp3) is 0.750. The van der Waals surface area contributed by atoms with E-state index >= 15 is 0 Å². The number of ether oxygens (including phenoxy) is 1. The summed E-state index contributed by atoms with van der Waals surface area (Å²) in [6.45, 7) is 3.57. The van der Waals surface area contributed by atoms with E-state index in [4.69, 9.17) is 22.3 Å². The third kappa shape index (κ3) is 6.94. The Hall–Kier alpha value is -0.590. The molecule has 0 atom stereocenters. The molecule has 0 radical (unpaired) electrons. The van der Waals surface area contributed by atoms with Crippen LogP contribution >= 0.6 is 20.7 Å². The molecule has 1 aliphatic rings. The molecule has 2 heterocycles. The molecule has 0 spiro atoms. The number of aromatic nitrogens is 1. The van der Waals surface area contributed by atoms with Crippen molar-refractivity contribution in [2.45, 2.75) is 0 Å². The molecule has 11 heteroatoms. The van der Waals surface area contributed by atoms with E-state index in [1.54, 1.807) is 20.7 Å². The Balaban J connectivity index is 0.000000312. The van der Waals surface area contributed by atoms with Crippen LogP contribution in [0, 0.1) is 0 Å². The highest BCUT2D eigenvalue weighted by atomic mass is 32.9. The maximum atomic E-state index is 8.63. The van der Waals surface area contributed by atoms with Crippen molar-refractivity contribution in [3.63, 3.8) is 0 Å². The molecule has 0 unspecified atom stereocenters. The standard InChI is InChI=1S/C8H14N3OS2.H2O4S/c1-10(2)7-9-8(14-13-7)11-3-5-12-6-4-11;1-5(2,3)4/h3-6H2,1-2H3;(H2,1,2,3,4)/q+1;/p-1. The minimum absolute atomic E-state index is 0.821. The van der Waals surface area contributed by atoms with E-state index < -0.39 is 10.4 Å². The normalized spacial score (nSPS) is 15.7. The predicted molar refractivity (Wildman–Crippen MR) is 72.5 cm³/mol. The highest BCUT2D eigenvalue weighted by Gasteiger charge is 2.18. The van der Waals surface area contributed by atoms with Gasteiger partial charge in [-0.2, -0.15) is 0 Å². The Morgan fingerprint density at radius 3 is 2.32 bits per heavy atom. The van der Waals surface area contributed by atoms with Gasteiger partial charge >= 0.3 is 9.93 Å². The lowest BCUT2D eigenvalue weighted by Crippen LogP contribution is -2.36. The second kappa shape index (κ2) is 7.26. The van der Waals surface area contributed by atoms with E-state index in [-0.39, 0.29) is 0 Å². The lowest BCUT2D eigenvalue weighted by molar-refractivity contribution is 0.122. The van der Waals surface area contributed by atoms with Crippen molar-refractivity contribution in [1.29, 1.82) is 0 Å². The van der Waals surface area contributed by atoms with Gasteiger partial charge in [-0.25, -0.2) is 8.42 Å². The molecular formula is C8H15N3O5S3. The first-order valence-electron chi connectivity index (χ1n) is 5.26. The summed E-state index contributed by atoms with van der Waals surface area (Å²) in [5, 5.41) is 1.13. The SMILES string of the molecule is C[N+](C)=c1nc(N2CCOCC2)ss1.O=S(=O)([O-])O. The maximum absolute atomic E-state index is 8.63. The van der Waals surface area contributed by atoms with Crippen LogP contribution in [0.5, 0.6) is 0 Å². The number of anilines is 1. The highest BCUT2D eigenvalue weighted by Crippen LogP contribution is 2.19. The second-order valence-electron chi connectivity index (χ2n) is 3.77. The summed E-state index contributed by atoms with van der Waals surface area (Å²) in [5.41, 5.74) is 0. The zero-order valence-corrected chi connectivity index (χ0v) is 12.9. The van der Waals surface area contributed by atoms with E-state index in [0.717, 1.165) is 36.2 Å². The molecule has 0 amide bonds. The van der Waals surface area contributed by atoms with Crippen LogP contribution in [0.4, 0.5) is 5.13 Å². The molecule has 1 aliphatic heterocycles. The van der Waals surface area contributed by atoms with Crippen molar-refractivity contribution in [2.75, 3.05) is 45.3 Å². The number of morpholine rings is 1. The second-order valence-corrected chi connectivity index (χ2v) is 6.68. The number of hydrogen-bond acceptors (Lipinski definition) is 8. The fourth-order valence-electron chi connectivity index (χ4n) is 1.25. The summed E-state index contributed by atoms with van der Waals surface area (Å²) >= 11 is 0. The lowest BCUT2D eigenvalue weighted by atomic mass is 10.5. The first kappa shape index (κ1) is 16.5. The van der Waals surface area contributed by atoms with Gasteiger partial charge in [0.05, 0.1) is 27.3 Å². The summed E-state index contributed by atoms with van der Waals surface area (Å²) in [4.78, 5) is 7.94. The Morgan fingerprint density at radius 1 is 1.37 bits per heavy atom. The molecule has 0 saturated carbocycles. The first-order valence-corrected chi connectivity index (χ1v) is 8.77. The minimum Gasteiger partial charge on any atom is -0.726 e. The van der Waals surface area contributed by atoms with Crippen molar-refractivity contribution in [3.05, 3.63) is 4.80 Å². The van der Waals surface area contributed by atoms with Gasteiger partial charge in [-0.1, -0.05) is 0 Å². The fourth-order valence-corrected chi connectivity index (χ4v) is 3.57. The summed E-state index contributed by atoms with van der Waals surface area (Å²) in [7, 11) is 2.60. The molecule has 0 bridgehead atoms. The van der Waals surface area contributed by atoms with Gasteiger partial charge in [-0.15, -0.1) is 0 Å². The van der Waals surface area contributed by atoms with E-state index in [2.05, 4.69) is 9.88 Å². The van der Waals surface area contributed by atoms with Gasteiger partial charge in [-0.05, 0) is 10.3 Å². The quantitative estimate of drug-likeness (QED) is 0.307. The van der Waals surface area contributed by atoms with Crippen LogP contribution in [-0.2, 0) is 15.1 Å². The Morgan fingerprint density at radius 2 is 1.89 bits per heavy atom. The maximum Gasteiger partial charge on any atom is 0.390 e. The molecule has 110 valence electrons. The molecule has 8 nitrogen and oxygen atoms in total. The van der Waals surface area contributed by atoms with Crippen LogP contribution in [0.1, 0.15) is 0 Å². The third-order valence-corrected chi connectivity index (χ3v) is 4.38. The van der Waals surface area contributed by atoms with E-state index in [0.29, 0.717) is 0 Å². The highest BCUT2D eigenvalue weighted by molar-refractivity contribution is 7.79. The van der Waals surface area contributed by atoms with Crippen molar-refractivity contribution in [2.24, 2.45) is 0 Å². The van der Waals surface area contributed by atoms with Gasteiger partial charge in [0.25, 0.3) is 0 Å². The molecule has 1 N–H and O–H groups in total. The van der Waals surface area contributed by atoms with Crippen LogP contribution in [0.3, 0.4) is 0 Å². The van der Waals surface area contributed by atoms with Gasteiger partial charge in [0, 0.05) is 28.4 Å². The lowest BCUT2D eigenvalue weighted by Gasteiger charge is -2.23. The van der Waals surface area contributed by atoms with Gasteiger partial charge in [0.15, 0.2) is 0 Å². The smallest absolute Gasteiger partial charge is 0.390 e. The van der Waals surface area contributed by atoms with Gasteiger partial charge in [0.1, 0.15) is 0 Å². The average molecular weight is 329 g/mol. The predicted octanol–water partition coefficient (Wildman–Crippen LogP) is -0.922. The summed E-state index contributed by atoms with van der Waals surface area (Å²) < 4.78 is 40.2. The summed E-state index contributed by atoms with van der Waals surface area (Å²) in [6, 6.07) is 0. The zero-order valence-electron chi connectivity index (χ0n) is 10.5. The van der Waals surface area contributed by atoms with Crippen molar-refractivity contribution < 1.29 is 22.3 Å². The van der Waals surface area contributed by atoms with Gasteiger partial charge < -0.3 is 14.2 Å². The number of hydrogen-bond donors (Lipinski definition) is 1. The average Bonchev–Trinajstić information content (AvgIpc) is 2.77. The van der Waals surface area contributed by atoms with Crippen molar-refractivity contribution >= 4 is 36.2 Å². The van der Waals surface area contributed by atoms with E-state index in [1.807, 2.05) is 18.7 Å². The molecule has 1 aromatic heterocycles. The van der Waals surface area contributed by atoms with Crippen LogP contribution in [0.25, 0.3) is 0 Å². The Bertz CT molecular complexity index is 546. The van der Waals surface area contributed by atoms with Gasteiger partial charge in [0.2, 0.25) is 10.4 Å². The molecule has 19 heavy (non-hydrogen) atoms. The molecule has 0 aliphatic carbocycles. The number of rotatable bonds is 1. The molecule has 0 aromatic carbocycles. The monoisotopic (exact) mass is 329 g/mol. The molecule has 1 aromatic rings. The molecular weight excluding hydrogens is 314 g/mol. The van der Waals surface area contributed by atoms with E-state index in [9.17, 15) is 0 Å².